The van der Waals surface area contributed by atoms with Crippen LogP contribution in [0.5, 0.6) is 0 Å². The number of benzene rings is 6. The summed E-state index contributed by atoms with van der Waals surface area (Å²) in [5.74, 6) is 2.55. The third kappa shape index (κ3) is 6.59. The van der Waals surface area contributed by atoms with Crippen LogP contribution in [-0.2, 0) is 21.7 Å². The van der Waals surface area contributed by atoms with E-state index in [9.17, 15) is 0 Å². The zero-order chi connectivity index (χ0) is 45.4. The van der Waals surface area contributed by atoms with Crippen molar-refractivity contribution in [2.75, 3.05) is 0 Å². The summed E-state index contributed by atoms with van der Waals surface area (Å²) in [6.07, 6.45) is 2.04. The predicted octanol–water partition coefficient (Wildman–Crippen LogP) is 15.0. The molecule has 0 atom stereocenters. The first-order valence-corrected chi connectivity index (χ1v) is 23.0. The van der Waals surface area contributed by atoms with Crippen LogP contribution in [0.4, 0.5) is 0 Å². The SMILES string of the molecule is CC(C)(C)c1ccc2c(c1)c1cc(C(C)(C)C)ccc1n2-c1cnc2c(c1)-c1nc(-c3ccccc3)nc(n1)-c1cccc(c1)C(C)(C)c1ccc3c(c1)c1cc(C(C)(C)C)ccc1n3-2. The molecule has 6 heterocycles. The normalized spacial score (nSPS) is 13.9. The van der Waals surface area contributed by atoms with E-state index in [2.05, 4.69) is 201 Å². The molecular formula is C59H56N6. The number of aromatic nitrogens is 6. The number of hydrogen-bond acceptors (Lipinski definition) is 4. The molecule has 0 unspecified atom stereocenters. The van der Waals surface area contributed by atoms with E-state index in [1.54, 1.807) is 0 Å². The lowest BCUT2D eigenvalue weighted by molar-refractivity contribution is 0.590. The van der Waals surface area contributed by atoms with E-state index in [0.717, 1.165) is 50.3 Å². The van der Waals surface area contributed by atoms with E-state index in [4.69, 9.17) is 19.9 Å². The highest BCUT2D eigenvalue weighted by Crippen LogP contribution is 2.44. The molecule has 0 N–H and O–H groups in total. The minimum atomic E-state index is -0.322. The maximum atomic E-state index is 5.56. The molecule has 12 rings (SSSR count). The molecule has 0 saturated carbocycles. The number of nitrogens with zero attached hydrogens (tertiary/aromatic N) is 6. The van der Waals surface area contributed by atoms with Gasteiger partial charge in [-0.05, 0) is 105 Å². The van der Waals surface area contributed by atoms with Crippen molar-refractivity contribution in [1.29, 1.82) is 0 Å². The molecule has 2 aliphatic heterocycles. The van der Waals surface area contributed by atoms with Gasteiger partial charge in [0, 0.05) is 38.1 Å². The average molecular weight is 849 g/mol. The molecule has 6 aromatic carbocycles. The van der Waals surface area contributed by atoms with E-state index >= 15 is 0 Å². The first kappa shape index (κ1) is 40.8. The van der Waals surface area contributed by atoms with Crippen LogP contribution >= 0.6 is 0 Å². The third-order valence-corrected chi connectivity index (χ3v) is 13.9. The van der Waals surface area contributed by atoms with Crippen LogP contribution in [0.15, 0.2) is 140 Å². The predicted molar refractivity (Wildman–Crippen MR) is 271 cm³/mol. The zero-order valence-electron chi connectivity index (χ0n) is 39.5. The Morgan fingerprint density at radius 1 is 0.415 bits per heavy atom. The molecule has 4 aromatic heterocycles. The van der Waals surface area contributed by atoms with Crippen LogP contribution < -0.4 is 0 Å². The van der Waals surface area contributed by atoms with Gasteiger partial charge in [0.25, 0.3) is 0 Å². The molecule has 322 valence electrons. The van der Waals surface area contributed by atoms with E-state index in [-0.39, 0.29) is 21.7 Å². The first-order valence-electron chi connectivity index (χ1n) is 23.0. The lowest BCUT2D eigenvalue weighted by atomic mass is 9.77. The monoisotopic (exact) mass is 848 g/mol. The first-order chi connectivity index (χ1) is 30.8. The maximum Gasteiger partial charge on any atom is 0.167 e. The highest BCUT2D eigenvalue weighted by Gasteiger charge is 2.29. The Balaban J connectivity index is 1.29. The van der Waals surface area contributed by atoms with Gasteiger partial charge in [-0.25, -0.2) is 19.9 Å². The van der Waals surface area contributed by atoms with Crippen LogP contribution in [0.2, 0.25) is 0 Å². The summed E-state index contributed by atoms with van der Waals surface area (Å²) in [6.45, 7) is 25.2. The molecule has 10 aromatic rings. The molecule has 2 aliphatic rings. The average Bonchev–Trinajstić information content (AvgIpc) is 3.79. The fourth-order valence-electron chi connectivity index (χ4n) is 9.81. The lowest BCUT2D eigenvalue weighted by Gasteiger charge is -2.27. The van der Waals surface area contributed by atoms with E-state index < -0.39 is 0 Å². The van der Waals surface area contributed by atoms with Crippen molar-refractivity contribution in [2.45, 2.75) is 97.8 Å². The lowest BCUT2D eigenvalue weighted by Crippen LogP contribution is -2.19. The summed E-state index contributed by atoms with van der Waals surface area (Å²) in [6, 6.07) is 49.1. The number of pyridine rings is 1. The number of rotatable bonds is 2. The van der Waals surface area contributed by atoms with Crippen LogP contribution in [0, 0.1) is 0 Å². The Kier molecular flexibility index (Phi) is 8.82. The molecule has 8 bridgehead atoms. The standard InChI is InChI=1S/C59H56N6/c1-56(2,3)37-20-24-48-43(29-37)44-30-38(57(4,5)6)21-25-49(44)64(48)42-33-47-54-62-52(35-16-13-12-14-17-35)61-53(63-54)36-18-15-19-40(28-36)59(10,11)41-23-27-51-46(32-41)45-31-39(58(7,8)9)22-26-50(45)65(51)55(47)60-34-42/h12-34H,1-11H3. The molecule has 0 saturated heterocycles. The van der Waals surface area contributed by atoms with Gasteiger partial charge in [0.2, 0.25) is 0 Å². The summed E-state index contributed by atoms with van der Waals surface area (Å²) >= 11 is 0. The van der Waals surface area contributed by atoms with Crippen LogP contribution in [0.25, 0.3) is 89.3 Å². The van der Waals surface area contributed by atoms with Crippen molar-refractivity contribution < 1.29 is 0 Å². The fraction of sp³-hybridized carbons (Fsp3) is 0.254. The Labute approximate surface area is 382 Å². The molecule has 0 aliphatic carbocycles. The van der Waals surface area contributed by atoms with Crippen molar-refractivity contribution in [1.82, 2.24) is 29.1 Å². The Morgan fingerprint density at radius 3 is 1.43 bits per heavy atom. The number of hydrogen-bond donors (Lipinski definition) is 0. The molecule has 6 nitrogen and oxygen atoms in total. The van der Waals surface area contributed by atoms with E-state index in [1.165, 1.54) is 49.4 Å². The van der Waals surface area contributed by atoms with E-state index in [0.29, 0.717) is 17.5 Å². The summed E-state index contributed by atoms with van der Waals surface area (Å²) < 4.78 is 4.71. The smallest absolute Gasteiger partial charge is 0.167 e. The third-order valence-electron chi connectivity index (χ3n) is 13.9. The van der Waals surface area contributed by atoms with Gasteiger partial charge in [0.05, 0.1) is 39.5 Å². The van der Waals surface area contributed by atoms with Crippen LogP contribution in [0.1, 0.15) is 104 Å². The van der Waals surface area contributed by atoms with Crippen molar-refractivity contribution in [3.63, 3.8) is 0 Å². The summed E-state index contributed by atoms with van der Waals surface area (Å²) in [7, 11) is 0. The largest absolute Gasteiger partial charge is 0.308 e. The van der Waals surface area contributed by atoms with Crippen molar-refractivity contribution in [2.24, 2.45) is 0 Å². The number of fused-ring (bicyclic) bond motifs is 5. The van der Waals surface area contributed by atoms with Gasteiger partial charge in [0.15, 0.2) is 17.5 Å². The van der Waals surface area contributed by atoms with Gasteiger partial charge >= 0.3 is 0 Å². The molecule has 0 fully saturated rings. The minimum Gasteiger partial charge on any atom is -0.308 e. The van der Waals surface area contributed by atoms with Gasteiger partial charge in [0.1, 0.15) is 5.82 Å². The topological polar surface area (TPSA) is 61.4 Å². The Bertz CT molecular complexity index is 3490. The van der Waals surface area contributed by atoms with Crippen molar-refractivity contribution in [3.8, 4) is 45.7 Å². The quantitative estimate of drug-likeness (QED) is 0.174. The fourth-order valence-corrected chi connectivity index (χ4v) is 9.81. The van der Waals surface area contributed by atoms with Crippen LogP contribution in [0.3, 0.4) is 0 Å². The van der Waals surface area contributed by atoms with Crippen molar-refractivity contribution in [3.05, 3.63) is 167 Å². The highest BCUT2D eigenvalue weighted by atomic mass is 15.1. The van der Waals surface area contributed by atoms with Gasteiger partial charge in [-0.15, -0.1) is 0 Å². The summed E-state index contributed by atoms with van der Waals surface area (Å²) in [5, 5.41) is 4.83. The molecule has 6 heteroatoms. The van der Waals surface area contributed by atoms with Gasteiger partial charge in [-0.1, -0.05) is 149 Å². The molecule has 0 radical (unpaired) electrons. The maximum absolute atomic E-state index is 5.56. The van der Waals surface area contributed by atoms with Crippen LogP contribution in [-0.4, -0.2) is 29.1 Å². The van der Waals surface area contributed by atoms with E-state index in [1.807, 2.05) is 24.4 Å². The zero-order valence-corrected chi connectivity index (χ0v) is 39.5. The Hall–Kier alpha value is -6.92. The summed E-state index contributed by atoms with van der Waals surface area (Å²) in [4.78, 5) is 21.6. The second kappa shape index (κ2) is 14.0. The summed E-state index contributed by atoms with van der Waals surface area (Å²) in [5.41, 5.74) is 13.9. The second-order valence-corrected chi connectivity index (χ2v) is 21.8. The molecule has 65 heavy (non-hydrogen) atoms. The minimum absolute atomic E-state index is 0.0139. The van der Waals surface area contributed by atoms with Gasteiger partial charge in [-0.2, -0.15) is 0 Å². The molecule has 0 spiro atoms. The second-order valence-electron chi connectivity index (χ2n) is 21.8. The van der Waals surface area contributed by atoms with Crippen molar-refractivity contribution >= 4 is 43.6 Å². The van der Waals surface area contributed by atoms with Gasteiger partial charge in [-0.3, -0.25) is 4.57 Å². The Morgan fingerprint density at radius 2 is 0.877 bits per heavy atom. The van der Waals surface area contributed by atoms with Gasteiger partial charge < -0.3 is 4.57 Å². The molecular weight excluding hydrogens is 793 g/mol. The molecule has 0 amide bonds. The highest BCUT2D eigenvalue weighted by molar-refractivity contribution is 6.11.